The SMILES string of the molecule is CN1CCCCCNC1=O. The van der Waals surface area contributed by atoms with Crippen molar-refractivity contribution in [2.75, 3.05) is 20.1 Å². The van der Waals surface area contributed by atoms with E-state index in [0.29, 0.717) is 0 Å². The lowest BCUT2D eigenvalue weighted by Gasteiger charge is -2.20. The normalized spacial score (nSPS) is 21.3. The molecule has 0 radical (unpaired) electrons. The van der Waals surface area contributed by atoms with E-state index in [9.17, 15) is 4.79 Å². The second-order valence-electron chi connectivity index (χ2n) is 2.71. The van der Waals surface area contributed by atoms with Crippen LogP contribution in [-0.2, 0) is 0 Å². The molecular weight excluding hydrogens is 128 g/mol. The number of hydrogen-bond acceptors (Lipinski definition) is 1. The first-order valence-corrected chi connectivity index (χ1v) is 3.79. The Labute approximate surface area is 61.4 Å². The van der Waals surface area contributed by atoms with Crippen molar-refractivity contribution < 1.29 is 4.79 Å². The number of nitrogens with zero attached hydrogens (tertiary/aromatic N) is 1. The third kappa shape index (κ3) is 1.90. The zero-order chi connectivity index (χ0) is 7.40. The maximum absolute atomic E-state index is 11.0. The average Bonchev–Trinajstić information content (AvgIpc) is 1.92. The van der Waals surface area contributed by atoms with Gasteiger partial charge in [0.2, 0.25) is 0 Å². The van der Waals surface area contributed by atoms with Crippen LogP contribution in [0, 0.1) is 0 Å². The summed E-state index contributed by atoms with van der Waals surface area (Å²) in [5.41, 5.74) is 0. The van der Waals surface area contributed by atoms with E-state index >= 15 is 0 Å². The average molecular weight is 142 g/mol. The summed E-state index contributed by atoms with van der Waals surface area (Å²) >= 11 is 0. The summed E-state index contributed by atoms with van der Waals surface area (Å²) in [5.74, 6) is 0. The van der Waals surface area contributed by atoms with Crippen LogP contribution >= 0.6 is 0 Å². The first-order valence-electron chi connectivity index (χ1n) is 3.79. The molecule has 0 aromatic heterocycles. The van der Waals surface area contributed by atoms with Crippen molar-refractivity contribution in [1.82, 2.24) is 10.2 Å². The van der Waals surface area contributed by atoms with E-state index in [-0.39, 0.29) is 6.03 Å². The van der Waals surface area contributed by atoms with Crippen molar-refractivity contribution in [2.24, 2.45) is 0 Å². The number of amides is 2. The van der Waals surface area contributed by atoms with Crippen LogP contribution in [0.4, 0.5) is 4.79 Å². The Balaban J connectivity index is 2.35. The van der Waals surface area contributed by atoms with Gasteiger partial charge in [-0.05, 0) is 19.3 Å². The van der Waals surface area contributed by atoms with Gasteiger partial charge in [0.05, 0.1) is 0 Å². The molecule has 0 unspecified atom stereocenters. The Bertz CT molecular complexity index is 125. The number of hydrogen-bond donors (Lipinski definition) is 1. The molecule has 1 saturated heterocycles. The molecule has 0 aliphatic carbocycles. The van der Waals surface area contributed by atoms with Crippen LogP contribution in [0.3, 0.4) is 0 Å². The highest BCUT2D eigenvalue weighted by Gasteiger charge is 2.08. The van der Waals surface area contributed by atoms with Crippen molar-refractivity contribution >= 4 is 6.03 Å². The van der Waals surface area contributed by atoms with Crippen LogP contribution in [0.1, 0.15) is 19.3 Å². The lowest BCUT2D eigenvalue weighted by Crippen LogP contribution is -2.39. The van der Waals surface area contributed by atoms with E-state index in [0.717, 1.165) is 25.9 Å². The van der Waals surface area contributed by atoms with Crippen LogP contribution in [0.2, 0.25) is 0 Å². The largest absolute Gasteiger partial charge is 0.338 e. The number of carbonyl (C=O) groups excluding carboxylic acids is 1. The van der Waals surface area contributed by atoms with Crippen molar-refractivity contribution in [3.05, 3.63) is 0 Å². The fourth-order valence-electron chi connectivity index (χ4n) is 1.08. The molecule has 10 heavy (non-hydrogen) atoms. The zero-order valence-corrected chi connectivity index (χ0v) is 6.39. The van der Waals surface area contributed by atoms with Gasteiger partial charge < -0.3 is 10.2 Å². The second-order valence-corrected chi connectivity index (χ2v) is 2.71. The molecule has 0 aromatic rings. The standard InChI is InChI=1S/C7H14N2O/c1-9-6-4-2-3-5-8-7(9)10/h2-6H2,1H3,(H,8,10). The van der Waals surface area contributed by atoms with Crippen LogP contribution < -0.4 is 5.32 Å². The maximum atomic E-state index is 11.0. The van der Waals surface area contributed by atoms with Crippen LogP contribution in [0.5, 0.6) is 0 Å². The minimum Gasteiger partial charge on any atom is -0.338 e. The minimum atomic E-state index is 0.0692. The van der Waals surface area contributed by atoms with Gasteiger partial charge in [-0.1, -0.05) is 0 Å². The van der Waals surface area contributed by atoms with Crippen molar-refractivity contribution in [3.63, 3.8) is 0 Å². The Morgan fingerprint density at radius 2 is 2.20 bits per heavy atom. The van der Waals surface area contributed by atoms with E-state index in [1.165, 1.54) is 6.42 Å². The molecule has 1 heterocycles. The van der Waals surface area contributed by atoms with Crippen molar-refractivity contribution in [2.45, 2.75) is 19.3 Å². The van der Waals surface area contributed by atoms with Crippen LogP contribution in [0.25, 0.3) is 0 Å². The van der Waals surface area contributed by atoms with Gasteiger partial charge in [-0.2, -0.15) is 0 Å². The molecule has 0 aromatic carbocycles. The molecule has 1 aliphatic rings. The summed E-state index contributed by atoms with van der Waals surface area (Å²) in [4.78, 5) is 12.7. The van der Waals surface area contributed by atoms with E-state index in [1.807, 2.05) is 7.05 Å². The van der Waals surface area contributed by atoms with Crippen LogP contribution in [-0.4, -0.2) is 31.1 Å². The zero-order valence-electron chi connectivity index (χ0n) is 6.39. The Hall–Kier alpha value is -0.730. The lowest BCUT2D eigenvalue weighted by atomic mass is 10.2. The van der Waals surface area contributed by atoms with Crippen molar-refractivity contribution in [3.8, 4) is 0 Å². The number of urea groups is 1. The number of rotatable bonds is 0. The first-order chi connectivity index (χ1) is 4.80. The van der Waals surface area contributed by atoms with Gasteiger partial charge >= 0.3 is 6.03 Å². The van der Waals surface area contributed by atoms with E-state index < -0.39 is 0 Å². The van der Waals surface area contributed by atoms with E-state index in [4.69, 9.17) is 0 Å². The number of nitrogens with one attached hydrogen (secondary N) is 1. The molecule has 0 saturated carbocycles. The van der Waals surface area contributed by atoms with E-state index in [1.54, 1.807) is 4.90 Å². The lowest BCUT2D eigenvalue weighted by molar-refractivity contribution is 0.204. The fraction of sp³-hybridized carbons (Fsp3) is 0.857. The quantitative estimate of drug-likeness (QED) is 0.533. The molecule has 2 amide bonds. The van der Waals surface area contributed by atoms with Gasteiger partial charge in [0.25, 0.3) is 0 Å². The van der Waals surface area contributed by atoms with Gasteiger partial charge in [-0.25, -0.2) is 4.79 Å². The fourth-order valence-corrected chi connectivity index (χ4v) is 1.08. The summed E-state index contributed by atoms with van der Waals surface area (Å²) in [6.45, 7) is 1.73. The topological polar surface area (TPSA) is 32.3 Å². The highest BCUT2D eigenvalue weighted by molar-refractivity contribution is 5.73. The summed E-state index contributed by atoms with van der Waals surface area (Å²) in [7, 11) is 1.83. The molecule has 0 spiro atoms. The molecule has 0 atom stereocenters. The molecule has 1 N–H and O–H groups in total. The Morgan fingerprint density at radius 3 is 3.00 bits per heavy atom. The molecule has 0 bridgehead atoms. The molecule has 58 valence electrons. The molecule has 3 nitrogen and oxygen atoms in total. The molecule has 1 rings (SSSR count). The third-order valence-electron chi connectivity index (χ3n) is 1.79. The van der Waals surface area contributed by atoms with Gasteiger partial charge in [-0.15, -0.1) is 0 Å². The highest BCUT2D eigenvalue weighted by Crippen LogP contribution is 2.00. The van der Waals surface area contributed by atoms with Crippen molar-refractivity contribution in [1.29, 1.82) is 0 Å². The predicted molar refractivity (Wildman–Crippen MR) is 39.9 cm³/mol. The number of carbonyl (C=O) groups is 1. The Kier molecular flexibility index (Phi) is 2.54. The highest BCUT2D eigenvalue weighted by atomic mass is 16.2. The first kappa shape index (κ1) is 7.38. The molecular formula is C7H14N2O. The summed E-state index contributed by atoms with van der Waals surface area (Å²) in [5, 5.41) is 2.82. The maximum Gasteiger partial charge on any atom is 0.317 e. The van der Waals surface area contributed by atoms with Gasteiger partial charge in [-0.3, -0.25) is 0 Å². The minimum absolute atomic E-state index is 0.0692. The third-order valence-corrected chi connectivity index (χ3v) is 1.79. The smallest absolute Gasteiger partial charge is 0.317 e. The van der Waals surface area contributed by atoms with E-state index in [2.05, 4.69) is 5.32 Å². The van der Waals surface area contributed by atoms with Gasteiger partial charge in [0.15, 0.2) is 0 Å². The molecule has 1 fully saturated rings. The monoisotopic (exact) mass is 142 g/mol. The molecule has 3 heteroatoms. The summed E-state index contributed by atoms with van der Waals surface area (Å²) in [6.07, 6.45) is 3.49. The second kappa shape index (κ2) is 3.44. The van der Waals surface area contributed by atoms with Gasteiger partial charge in [0, 0.05) is 20.1 Å². The molecule has 1 aliphatic heterocycles. The predicted octanol–water partition coefficient (Wildman–Crippen LogP) is 0.812. The Morgan fingerprint density at radius 1 is 1.40 bits per heavy atom. The summed E-state index contributed by atoms with van der Waals surface area (Å²) < 4.78 is 0. The van der Waals surface area contributed by atoms with Crippen LogP contribution in [0.15, 0.2) is 0 Å². The summed E-state index contributed by atoms with van der Waals surface area (Å²) in [6, 6.07) is 0.0692. The van der Waals surface area contributed by atoms with Gasteiger partial charge in [0.1, 0.15) is 0 Å².